The molecule has 22 heavy (non-hydrogen) atoms. The van der Waals surface area contributed by atoms with Crippen molar-refractivity contribution in [2.75, 3.05) is 20.3 Å². The highest BCUT2D eigenvalue weighted by atomic mass is 35.5. The van der Waals surface area contributed by atoms with Gasteiger partial charge in [0.15, 0.2) is 6.61 Å². The summed E-state index contributed by atoms with van der Waals surface area (Å²) >= 11 is 11.7. The predicted octanol–water partition coefficient (Wildman–Crippen LogP) is 2.37. The van der Waals surface area contributed by atoms with Gasteiger partial charge in [0.2, 0.25) is 0 Å². The van der Waals surface area contributed by atoms with Crippen molar-refractivity contribution in [2.24, 2.45) is 0 Å². The highest BCUT2D eigenvalue weighted by Gasteiger charge is 2.29. The van der Waals surface area contributed by atoms with Crippen LogP contribution in [0, 0.1) is 0 Å². The summed E-state index contributed by atoms with van der Waals surface area (Å²) in [4.78, 5) is 22.8. The molecule has 122 valence electrons. The van der Waals surface area contributed by atoms with Gasteiger partial charge < -0.3 is 19.9 Å². The van der Waals surface area contributed by atoms with Crippen LogP contribution in [0.25, 0.3) is 0 Å². The fourth-order valence-corrected chi connectivity index (χ4v) is 2.22. The van der Waals surface area contributed by atoms with Gasteiger partial charge in [-0.1, -0.05) is 23.2 Å². The van der Waals surface area contributed by atoms with Crippen molar-refractivity contribution in [1.82, 2.24) is 5.32 Å². The Kier molecular flexibility index (Phi) is 6.93. The molecule has 1 aromatic rings. The Labute approximate surface area is 138 Å². The first kappa shape index (κ1) is 18.5. The largest absolute Gasteiger partial charge is 0.482 e. The second-order valence-corrected chi connectivity index (χ2v) is 5.82. The molecule has 1 amide bonds. The number of carbonyl (C=O) groups excluding carboxylic acids is 1. The molecule has 1 atom stereocenters. The lowest BCUT2D eigenvalue weighted by atomic mass is 9.99. The second-order valence-electron chi connectivity index (χ2n) is 4.98. The standard InChI is InChI=1S/C14H17Cl2NO5/c1-14(8-21-2,6-13(19)20)17-12(18)7-22-11-5-9(15)3-4-10(11)16/h3-5H,6-8H2,1-2H3,(H,17,18)(H,19,20). The molecule has 6 nitrogen and oxygen atoms in total. The van der Waals surface area contributed by atoms with E-state index < -0.39 is 17.4 Å². The van der Waals surface area contributed by atoms with Crippen molar-refractivity contribution < 1.29 is 24.2 Å². The third-order valence-corrected chi connectivity index (χ3v) is 3.24. The summed E-state index contributed by atoms with van der Waals surface area (Å²) in [7, 11) is 1.43. The molecule has 0 aromatic heterocycles. The third kappa shape index (κ3) is 6.09. The fourth-order valence-electron chi connectivity index (χ4n) is 1.89. The van der Waals surface area contributed by atoms with Crippen molar-refractivity contribution in [3.05, 3.63) is 28.2 Å². The smallest absolute Gasteiger partial charge is 0.305 e. The zero-order chi connectivity index (χ0) is 16.8. The van der Waals surface area contributed by atoms with Gasteiger partial charge in [-0.3, -0.25) is 9.59 Å². The van der Waals surface area contributed by atoms with Crippen LogP contribution in [0.2, 0.25) is 10.0 Å². The maximum atomic E-state index is 11.9. The van der Waals surface area contributed by atoms with Crippen molar-refractivity contribution in [3.63, 3.8) is 0 Å². The van der Waals surface area contributed by atoms with E-state index in [1.54, 1.807) is 19.1 Å². The highest BCUT2D eigenvalue weighted by Crippen LogP contribution is 2.27. The Morgan fingerprint density at radius 1 is 1.36 bits per heavy atom. The van der Waals surface area contributed by atoms with Gasteiger partial charge in [0.25, 0.3) is 5.91 Å². The molecule has 8 heteroatoms. The zero-order valence-electron chi connectivity index (χ0n) is 12.2. The van der Waals surface area contributed by atoms with Crippen molar-refractivity contribution in [2.45, 2.75) is 18.9 Å². The number of hydrogen-bond donors (Lipinski definition) is 2. The van der Waals surface area contributed by atoms with E-state index in [0.29, 0.717) is 10.0 Å². The van der Waals surface area contributed by atoms with E-state index >= 15 is 0 Å². The summed E-state index contributed by atoms with van der Waals surface area (Å²) < 4.78 is 10.2. The van der Waals surface area contributed by atoms with E-state index in [1.807, 2.05) is 0 Å². The lowest BCUT2D eigenvalue weighted by Crippen LogP contribution is -2.52. The van der Waals surface area contributed by atoms with Gasteiger partial charge >= 0.3 is 5.97 Å². The predicted molar refractivity (Wildman–Crippen MR) is 82.6 cm³/mol. The minimum atomic E-state index is -1.04. The number of methoxy groups -OCH3 is 1. The first-order valence-corrected chi connectivity index (χ1v) is 7.11. The number of rotatable bonds is 8. The van der Waals surface area contributed by atoms with Crippen LogP contribution in [0.5, 0.6) is 5.75 Å². The summed E-state index contributed by atoms with van der Waals surface area (Å²) in [5.41, 5.74) is -1.03. The molecule has 0 aliphatic carbocycles. The van der Waals surface area contributed by atoms with Gasteiger partial charge in [-0.15, -0.1) is 0 Å². The lowest BCUT2D eigenvalue weighted by molar-refractivity contribution is -0.139. The van der Waals surface area contributed by atoms with Gasteiger partial charge in [-0.05, 0) is 19.1 Å². The van der Waals surface area contributed by atoms with Crippen molar-refractivity contribution >= 4 is 35.1 Å². The van der Waals surface area contributed by atoms with Crippen LogP contribution in [-0.2, 0) is 14.3 Å². The normalized spacial score (nSPS) is 13.3. The maximum absolute atomic E-state index is 11.9. The van der Waals surface area contributed by atoms with Gasteiger partial charge in [0, 0.05) is 18.2 Å². The molecule has 0 heterocycles. The summed E-state index contributed by atoms with van der Waals surface area (Å²) in [6.07, 6.45) is -0.273. The lowest BCUT2D eigenvalue weighted by Gasteiger charge is -2.28. The molecule has 0 fully saturated rings. The van der Waals surface area contributed by atoms with Gasteiger partial charge in [-0.25, -0.2) is 0 Å². The Morgan fingerprint density at radius 3 is 2.64 bits per heavy atom. The van der Waals surface area contributed by atoms with E-state index in [1.165, 1.54) is 13.2 Å². The minimum Gasteiger partial charge on any atom is -0.482 e. The molecule has 1 aromatic carbocycles. The van der Waals surface area contributed by atoms with Crippen LogP contribution in [-0.4, -0.2) is 42.8 Å². The SMILES string of the molecule is COCC(C)(CC(=O)O)NC(=O)COc1cc(Cl)ccc1Cl. The fraction of sp³-hybridized carbons (Fsp3) is 0.429. The highest BCUT2D eigenvalue weighted by molar-refractivity contribution is 6.34. The van der Waals surface area contributed by atoms with Crippen LogP contribution in [0.1, 0.15) is 13.3 Å². The topological polar surface area (TPSA) is 84.9 Å². The summed E-state index contributed by atoms with van der Waals surface area (Å²) in [6.45, 7) is 1.32. The summed E-state index contributed by atoms with van der Waals surface area (Å²) in [5.74, 6) is -1.26. The van der Waals surface area contributed by atoms with Crippen LogP contribution >= 0.6 is 23.2 Å². The summed E-state index contributed by atoms with van der Waals surface area (Å²) in [6, 6.07) is 4.64. The zero-order valence-corrected chi connectivity index (χ0v) is 13.7. The average molecular weight is 350 g/mol. The van der Waals surface area contributed by atoms with E-state index in [2.05, 4.69) is 5.32 Å². The number of halogens is 2. The first-order valence-electron chi connectivity index (χ1n) is 6.35. The molecule has 0 saturated heterocycles. The van der Waals surface area contributed by atoms with Gasteiger partial charge in [0.05, 0.1) is 23.6 Å². The number of benzene rings is 1. The molecule has 1 unspecified atom stereocenters. The number of amides is 1. The number of aliphatic carboxylic acids is 1. The molecule has 2 N–H and O–H groups in total. The third-order valence-electron chi connectivity index (χ3n) is 2.70. The second kappa shape index (κ2) is 8.22. The van der Waals surface area contributed by atoms with Crippen molar-refractivity contribution in [1.29, 1.82) is 0 Å². The number of ether oxygens (including phenoxy) is 2. The van der Waals surface area contributed by atoms with Crippen LogP contribution in [0.15, 0.2) is 18.2 Å². The molecule has 0 aliphatic heterocycles. The number of carbonyl (C=O) groups is 2. The molecule has 0 aliphatic rings. The molecule has 1 rings (SSSR count). The van der Waals surface area contributed by atoms with Crippen LogP contribution in [0.4, 0.5) is 0 Å². The van der Waals surface area contributed by atoms with E-state index in [9.17, 15) is 9.59 Å². The molecular weight excluding hydrogens is 333 g/mol. The molecular formula is C14H17Cl2NO5. The Morgan fingerprint density at radius 2 is 2.05 bits per heavy atom. The van der Waals surface area contributed by atoms with Crippen LogP contribution in [0.3, 0.4) is 0 Å². The van der Waals surface area contributed by atoms with Gasteiger partial charge in [-0.2, -0.15) is 0 Å². The van der Waals surface area contributed by atoms with Gasteiger partial charge in [0.1, 0.15) is 5.75 Å². The van der Waals surface area contributed by atoms with E-state index in [0.717, 1.165) is 0 Å². The Bertz CT molecular complexity index is 552. The quantitative estimate of drug-likeness (QED) is 0.752. The molecule has 0 spiro atoms. The average Bonchev–Trinajstić information content (AvgIpc) is 2.38. The monoisotopic (exact) mass is 349 g/mol. The Balaban J connectivity index is 2.64. The number of carboxylic acids is 1. The van der Waals surface area contributed by atoms with Crippen LogP contribution < -0.4 is 10.1 Å². The summed E-state index contributed by atoms with van der Waals surface area (Å²) in [5, 5.41) is 12.2. The number of carboxylic acid groups (broad SMARTS) is 1. The van der Waals surface area contributed by atoms with E-state index in [4.69, 9.17) is 37.8 Å². The number of nitrogens with one attached hydrogen (secondary N) is 1. The Hall–Kier alpha value is -1.50. The minimum absolute atomic E-state index is 0.0585. The molecule has 0 bridgehead atoms. The molecule has 0 saturated carbocycles. The maximum Gasteiger partial charge on any atom is 0.305 e. The molecule has 0 radical (unpaired) electrons. The van der Waals surface area contributed by atoms with Crippen molar-refractivity contribution in [3.8, 4) is 5.75 Å². The van der Waals surface area contributed by atoms with E-state index in [-0.39, 0.29) is 25.4 Å². The number of hydrogen-bond acceptors (Lipinski definition) is 4. The first-order chi connectivity index (χ1) is 10.3.